The van der Waals surface area contributed by atoms with Crippen LogP contribution in [0.15, 0.2) is 46.2 Å². The Morgan fingerprint density at radius 3 is 2.60 bits per heavy atom. The van der Waals surface area contributed by atoms with E-state index in [1.807, 2.05) is 44.2 Å². The van der Waals surface area contributed by atoms with Crippen LogP contribution in [0.25, 0.3) is 0 Å². The number of aliphatic hydroxyl groups is 1. The summed E-state index contributed by atoms with van der Waals surface area (Å²) in [6, 6.07) is 9.70. The average Bonchev–Trinajstić information content (AvgIpc) is 3.08. The van der Waals surface area contributed by atoms with Gasteiger partial charge < -0.3 is 15.0 Å². The molecule has 0 aliphatic heterocycles. The fourth-order valence-corrected chi connectivity index (χ4v) is 4.56. The molecular weight excluding hydrogens is 380 g/mol. The molecule has 1 unspecified atom stereocenters. The third-order valence-corrected chi connectivity index (χ3v) is 6.01. The maximum absolute atomic E-state index is 12.7. The number of nitrogens with zero attached hydrogens (tertiary/aromatic N) is 1. The minimum atomic E-state index is -0.211. The van der Waals surface area contributed by atoms with E-state index in [2.05, 4.69) is 5.16 Å². The third-order valence-electron chi connectivity index (χ3n) is 6.01. The number of hydrogen-bond acceptors (Lipinski definition) is 6. The fraction of sp³-hybridized carbons (Fsp3) is 0.417. The number of fused-ring (bicyclic) bond motifs is 1. The second kappa shape index (κ2) is 7.67. The Kier molecular flexibility index (Phi) is 5.18. The highest BCUT2D eigenvalue weighted by Gasteiger charge is 2.36. The molecule has 1 fully saturated rings. The molecule has 1 aromatic carbocycles. The van der Waals surface area contributed by atoms with Crippen LogP contribution in [0.5, 0.6) is 0 Å². The fourth-order valence-electron chi connectivity index (χ4n) is 4.56. The van der Waals surface area contributed by atoms with Crippen LogP contribution >= 0.6 is 0 Å². The number of aryl methyl sites for hydroxylation is 1. The molecule has 156 valence electrons. The zero-order valence-corrected chi connectivity index (χ0v) is 17.3. The maximum Gasteiger partial charge on any atom is 0.168 e. The van der Waals surface area contributed by atoms with E-state index >= 15 is 0 Å². The Hall–Kier alpha value is -3.02. The average molecular weight is 406 g/mol. The lowest BCUT2D eigenvalue weighted by molar-refractivity contribution is -0.116. The van der Waals surface area contributed by atoms with Gasteiger partial charge in [0, 0.05) is 37.8 Å². The Morgan fingerprint density at radius 1 is 1.17 bits per heavy atom. The van der Waals surface area contributed by atoms with Crippen molar-refractivity contribution in [3.63, 3.8) is 0 Å². The van der Waals surface area contributed by atoms with Gasteiger partial charge in [-0.25, -0.2) is 0 Å². The van der Waals surface area contributed by atoms with Gasteiger partial charge in [0.25, 0.3) is 0 Å². The number of Topliss-reactive ketones (excluding diaryl/α,β-unsaturated/α-hetero) is 2. The molecular formula is C24H26N2O4. The predicted octanol–water partition coefficient (Wildman–Crippen LogP) is 4.74. The molecule has 0 saturated heterocycles. The number of carbonyl (C=O) groups is 2. The summed E-state index contributed by atoms with van der Waals surface area (Å²) in [6.07, 6.45) is 2.22. The van der Waals surface area contributed by atoms with E-state index in [0.29, 0.717) is 42.7 Å². The van der Waals surface area contributed by atoms with E-state index in [4.69, 9.17) is 9.93 Å². The largest absolute Gasteiger partial charge is 0.511 e. The zero-order chi connectivity index (χ0) is 21.5. The minimum absolute atomic E-state index is 0.0110. The van der Waals surface area contributed by atoms with Crippen molar-refractivity contribution >= 4 is 17.3 Å². The Bertz CT molecular complexity index is 1030. The zero-order valence-electron chi connectivity index (χ0n) is 17.3. The SMILES string of the molecule is CC1(C)CC(=O)c2c(CC/C(O)=C3/C(=N)CC(c4ccccc4)CC3=O)noc2C1. The minimum Gasteiger partial charge on any atom is -0.511 e. The van der Waals surface area contributed by atoms with Crippen molar-refractivity contribution in [2.75, 3.05) is 0 Å². The highest BCUT2D eigenvalue weighted by molar-refractivity contribution is 6.23. The van der Waals surface area contributed by atoms with E-state index in [1.54, 1.807) is 0 Å². The van der Waals surface area contributed by atoms with Crippen molar-refractivity contribution < 1.29 is 19.2 Å². The van der Waals surface area contributed by atoms with Gasteiger partial charge >= 0.3 is 0 Å². The molecule has 2 aliphatic carbocycles. The van der Waals surface area contributed by atoms with Crippen molar-refractivity contribution in [3.8, 4) is 0 Å². The first-order valence-electron chi connectivity index (χ1n) is 10.3. The van der Waals surface area contributed by atoms with Crippen LogP contribution in [0, 0.1) is 10.8 Å². The number of hydrogen-bond donors (Lipinski definition) is 2. The lowest BCUT2D eigenvalue weighted by atomic mass is 9.76. The van der Waals surface area contributed by atoms with Crippen molar-refractivity contribution in [3.05, 3.63) is 64.2 Å². The highest BCUT2D eigenvalue weighted by Crippen LogP contribution is 2.37. The van der Waals surface area contributed by atoms with Crippen molar-refractivity contribution in [1.29, 1.82) is 5.41 Å². The van der Waals surface area contributed by atoms with Crippen molar-refractivity contribution in [1.82, 2.24) is 5.16 Å². The summed E-state index contributed by atoms with van der Waals surface area (Å²) in [6.45, 7) is 4.05. The van der Waals surface area contributed by atoms with Gasteiger partial charge in [-0.3, -0.25) is 9.59 Å². The Balaban J connectivity index is 1.49. The molecule has 2 N–H and O–H groups in total. The van der Waals surface area contributed by atoms with Gasteiger partial charge in [0.2, 0.25) is 0 Å². The molecule has 1 saturated carbocycles. The van der Waals surface area contributed by atoms with Crippen LogP contribution in [-0.4, -0.2) is 27.5 Å². The lowest BCUT2D eigenvalue weighted by Gasteiger charge is -2.26. The normalized spacial score (nSPS) is 22.7. The van der Waals surface area contributed by atoms with E-state index in [1.165, 1.54) is 0 Å². The molecule has 6 nitrogen and oxygen atoms in total. The van der Waals surface area contributed by atoms with E-state index < -0.39 is 0 Å². The monoisotopic (exact) mass is 406 g/mol. The van der Waals surface area contributed by atoms with Gasteiger partial charge in [0.15, 0.2) is 11.6 Å². The molecule has 0 radical (unpaired) electrons. The summed E-state index contributed by atoms with van der Waals surface area (Å²) in [5.41, 5.74) is 2.22. The summed E-state index contributed by atoms with van der Waals surface area (Å²) < 4.78 is 5.40. The maximum atomic E-state index is 12.7. The van der Waals surface area contributed by atoms with Crippen LogP contribution in [0.3, 0.4) is 0 Å². The second-order valence-corrected chi connectivity index (χ2v) is 9.11. The number of aliphatic hydroxyl groups excluding tert-OH is 1. The van der Waals surface area contributed by atoms with Gasteiger partial charge in [-0.2, -0.15) is 0 Å². The summed E-state index contributed by atoms with van der Waals surface area (Å²) in [5.74, 6) is 0.267. The third kappa shape index (κ3) is 3.86. The Morgan fingerprint density at radius 2 is 1.90 bits per heavy atom. The van der Waals surface area contributed by atoms with E-state index in [-0.39, 0.29) is 52.8 Å². The standard InChI is InChI=1S/C24H26N2O4/c1-24(2)12-20(29)23-17(26-30-21(23)13-24)8-9-18(27)22-16(25)10-15(11-19(22)28)14-6-4-3-5-7-14/h3-7,15,25,27H,8-13H2,1-2H3/b22-18+,25-16?. The number of ketones is 2. The first-order chi connectivity index (χ1) is 14.2. The predicted molar refractivity (Wildman–Crippen MR) is 112 cm³/mol. The molecule has 2 aromatic rings. The number of benzene rings is 1. The molecule has 30 heavy (non-hydrogen) atoms. The molecule has 0 bridgehead atoms. The van der Waals surface area contributed by atoms with Gasteiger partial charge in [-0.1, -0.05) is 49.3 Å². The van der Waals surface area contributed by atoms with Crippen LogP contribution in [-0.2, 0) is 17.6 Å². The lowest BCUT2D eigenvalue weighted by Crippen LogP contribution is -2.27. The van der Waals surface area contributed by atoms with Crippen LogP contribution in [0.2, 0.25) is 0 Å². The summed E-state index contributed by atoms with van der Waals surface area (Å²) in [7, 11) is 0. The molecule has 1 aromatic heterocycles. The Labute approximate surface area is 175 Å². The smallest absolute Gasteiger partial charge is 0.168 e. The summed E-state index contributed by atoms with van der Waals surface area (Å²) in [5, 5.41) is 23.0. The van der Waals surface area contributed by atoms with Crippen LogP contribution in [0.1, 0.15) is 72.8 Å². The summed E-state index contributed by atoms with van der Waals surface area (Å²) >= 11 is 0. The van der Waals surface area contributed by atoms with Crippen LogP contribution < -0.4 is 0 Å². The molecule has 4 rings (SSSR count). The number of carbonyl (C=O) groups excluding carboxylic acids is 2. The molecule has 6 heteroatoms. The van der Waals surface area contributed by atoms with Gasteiger partial charge in [-0.15, -0.1) is 0 Å². The van der Waals surface area contributed by atoms with Gasteiger partial charge in [0.05, 0.1) is 16.8 Å². The van der Waals surface area contributed by atoms with E-state index in [9.17, 15) is 14.7 Å². The molecule has 1 heterocycles. The molecule has 2 aliphatic rings. The summed E-state index contributed by atoms with van der Waals surface area (Å²) in [4.78, 5) is 25.2. The number of rotatable bonds is 4. The molecule has 0 amide bonds. The molecule has 1 atom stereocenters. The van der Waals surface area contributed by atoms with Crippen LogP contribution in [0.4, 0.5) is 0 Å². The van der Waals surface area contributed by atoms with Crippen molar-refractivity contribution in [2.24, 2.45) is 5.41 Å². The highest BCUT2D eigenvalue weighted by atomic mass is 16.5. The number of nitrogens with one attached hydrogen (secondary N) is 1. The quantitative estimate of drug-likeness (QED) is 0.564. The number of aromatic nitrogens is 1. The number of allylic oxidation sites excluding steroid dienone is 2. The topological polar surface area (TPSA) is 104 Å². The molecule has 0 spiro atoms. The first-order valence-corrected chi connectivity index (χ1v) is 10.3. The van der Waals surface area contributed by atoms with E-state index in [0.717, 1.165) is 5.56 Å². The first kappa shape index (κ1) is 20.3. The van der Waals surface area contributed by atoms with Gasteiger partial charge in [0.1, 0.15) is 11.5 Å². The van der Waals surface area contributed by atoms with Gasteiger partial charge in [-0.05, 0) is 23.3 Å². The van der Waals surface area contributed by atoms with Crippen molar-refractivity contribution in [2.45, 2.75) is 58.3 Å². The second-order valence-electron chi connectivity index (χ2n) is 9.11.